The molecule has 150 valence electrons. The van der Waals surface area contributed by atoms with Gasteiger partial charge in [0, 0.05) is 6.54 Å². The number of ether oxygens (including phenoxy) is 2. The molecule has 6 nitrogen and oxygen atoms in total. The summed E-state index contributed by atoms with van der Waals surface area (Å²) in [7, 11) is 0. The second-order valence-electron chi connectivity index (χ2n) is 6.97. The summed E-state index contributed by atoms with van der Waals surface area (Å²) in [6.45, 7) is 3.53. The molecule has 0 bridgehead atoms. The summed E-state index contributed by atoms with van der Waals surface area (Å²) in [5.74, 6) is -0.231. The molecule has 27 heavy (non-hydrogen) atoms. The van der Waals surface area contributed by atoms with Crippen molar-refractivity contribution in [2.75, 3.05) is 26.3 Å². The number of carbonyl (C=O) groups is 2. The molecular weight excluding hydrogens is 346 g/mol. The van der Waals surface area contributed by atoms with E-state index in [0.717, 1.165) is 24.3 Å². The molecule has 0 saturated carbocycles. The number of carboxylic acid groups (broad SMARTS) is 1. The number of hydrogen-bond donors (Lipinski definition) is 1. The lowest BCUT2D eigenvalue weighted by Crippen LogP contribution is -2.44. The number of carbonyl (C=O) groups excluding carboxylic acids is 1. The van der Waals surface area contributed by atoms with Crippen molar-refractivity contribution >= 4 is 11.9 Å². The van der Waals surface area contributed by atoms with Crippen LogP contribution in [0.15, 0.2) is 24.3 Å². The number of rotatable bonds is 12. The third kappa shape index (κ3) is 7.59. The third-order valence-electron chi connectivity index (χ3n) is 4.76. The Morgan fingerprint density at radius 3 is 2.59 bits per heavy atom. The van der Waals surface area contributed by atoms with Gasteiger partial charge in [-0.3, -0.25) is 9.59 Å². The molecule has 0 aromatic heterocycles. The molecule has 0 aliphatic carbocycles. The molecule has 6 heteroatoms. The van der Waals surface area contributed by atoms with Gasteiger partial charge in [-0.25, -0.2) is 0 Å². The van der Waals surface area contributed by atoms with E-state index >= 15 is 0 Å². The maximum atomic E-state index is 11.9. The molecule has 1 amide bonds. The minimum atomic E-state index is -0.905. The highest BCUT2D eigenvalue weighted by atomic mass is 16.5. The van der Waals surface area contributed by atoms with E-state index in [-0.39, 0.29) is 31.6 Å². The molecule has 1 heterocycles. The van der Waals surface area contributed by atoms with Crippen LogP contribution in [0.3, 0.4) is 0 Å². The van der Waals surface area contributed by atoms with Crippen molar-refractivity contribution in [3.8, 4) is 5.75 Å². The van der Waals surface area contributed by atoms with E-state index in [1.54, 1.807) is 4.90 Å². The maximum Gasteiger partial charge on any atom is 0.305 e. The Bertz CT molecular complexity index is 587. The normalized spacial score (nSPS) is 17.1. The number of aliphatic carboxylic acids is 1. The summed E-state index contributed by atoms with van der Waals surface area (Å²) >= 11 is 0. The van der Waals surface area contributed by atoms with Crippen molar-refractivity contribution < 1.29 is 24.2 Å². The Morgan fingerprint density at radius 2 is 1.89 bits per heavy atom. The Kier molecular flexibility index (Phi) is 9.11. The van der Waals surface area contributed by atoms with Crippen LogP contribution in [0.2, 0.25) is 0 Å². The van der Waals surface area contributed by atoms with Crippen LogP contribution in [0.4, 0.5) is 0 Å². The molecule has 2 rings (SSSR count). The maximum absolute atomic E-state index is 11.9. The van der Waals surface area contributed by atoms with Gasteiger partial charge >= 0.3 is 5.97 Å². The van der Waals surface area contributed by atoms with Crippen molar-refractivity contribution in [1.82, 2.24) is 4.90 Å². The molecule has 1 aliphatic rings. The second kappa shape index (κ2) is 11.6. The summed E-state index contributed by atoms with van der Waals surface area (Å²) in [5, 5.41) is 8.80. The number of amides is 1. The molecule has 1 aromatic carbocycles. The first kappa shape index (κ1) is 21.2. The molecule has 1 N–H and O–H groups in total. The van der Waals surface area contributed by atoms with E-state index < -0.39 is 5.97 Å². The topological polar surface area (TPSA) is 76.1 Å². The Morgan fingerprint density at radius 1 is 1.19 bits per heavy atom. The van der Waals surface area contributed by atoms with Gasteiger partial charge < -0.3 is 19.5 Å². The third-order valence-corrected chi connectivity index (χ3v) is 4.76. The van der Waals surface area contributed by atoms with Gasteiger partial charge in [-0.1, -0.05) is 51.2 Å². The monoisotopic (exact) mass is 377 g/mol. The largest absolute Gasteiger partial charge is 0.494 e. The zero-order valence-electron chi connectivity index (χ0n) is 16.2. The standard InChI is InChI=1S/C21H31NO5/c1-2-3-4-5-6-7-14-26-18-10-8-17(9-11-18)19-15-22(13-12-21(24)25)20(23)16-27-19/h8-11,19H,2-7,12-16H2,1H3,(H,24,25). The summed E-state index contributed by atoms with van der Waals surface area (Å²) < 4.78 is 11.4. The summed E-state index contributed by atoms with van der Waals surface area (Å²) in [5.41, 5.74) is 0.967. The minimum absolute atomic E-state index is 0.0133. The van der Waals surface area contributed by atoms with Crippen LogP contribution in [-0.2, 0) is 14.3 Å². The van der Waals surface area contributed by atoms with Gasteiger partial charge in [-0.15, -0.1) is 0 Å². The molecule has 1 fully saturated rings. The van der Waals surface area contributed by atoms with E-state index in [9.17, 15) is 9.59 Å². The van der Waals surface area contributed by atoms with E-state index in [1.165, 1.54) is 32.1 Å². The number of carboxylic acids is 1. The lowest BCUT2D eigenvalue weighted by atomic mass is 10.1. The summed E-state index contributed by atoms with van der Waals surface area (Å²) in [6.07, 6.45) is 7.13. The van der Waals surface area contributed by atoms with Gasteiger partial charge in [0.25, 0.3) is 0 Å². The number of benzene rings is 1. The molecule has 0 radical (unpaired) electrons. The smallest absolute Gasteiger partial charge is 0.305 e. The lowest BCUT2D eigenvalue weighted by Gasteiger charge is -2.32. The first-order valence-electron chi connectivity index (χ1n) is 9.94. The highest BCUT2D eigenvalue weighted by molar-refractivity contribution is 5.79. The predicted octanol–water partition coefficient (Wildman–Crippen LogP) is 3.80. The minimum Gasteiger partial charge on any atom is -0.494 e. The van der Waals surface area contributed by atoms with Gasteiger partial charge in [-0.05, 0) is 24.1 Å². The van der Waals surface area contributed by atoms with Crippen LogP contribution < -0.4 is 4.74 Å². The molecular formula is C21H31NO5. The highest BCUT2D eigenvalue weighted by Gasteiger charge is 2.27. The number of unbranched alkanes of at least 4 members (excludes halogenated alkanes) is 5. The quantitative estimate of drug-likeness (QED) is 0.561. The van der Waals surface area contributed by atoms with Gasteiger partial charge in [0.15, 0.2) is 0 Å². The Hall–Kier alpha value is -2.08. The fraction of sp³-hybridized carbons (Fsp3) is 0.619. The molecule has 1 saturated heterocycles. The summed E-state index contributed by atoms with van der Waals surface area (Å²) in [6, 6.07) is 7.75. The van der Waals surface area contributed by atoms with Crippen LogP contribution in [0.25, 0.3) is 0 Å². The number of hydrogen-bond acceptors (Lipinski definition) is 4. The molecule has 1 aromatic rings. The SMILES string of the molecule is CCCCCCCCOc1ccc(C2CN(CCC(=O)O)C(=O)CO2)cc1. The van der Waals surface area contributed by atoms with Crippen molar-refractivity contribution in [3.05, 3.63) is 29.8 Å². The van der Waals surface area contributed by atoms with Crippen molar-refractivity contribution in [3.63, 3.8) is 0 Å². The van der Waals surface area contributed by atoms with Crippen LogP contribution >= 0.6 is 0 Å². The zero-order valence-corrected chi connectivity index (χ0v) is 16.2. The van der Waals surface area contributed by atoms with E-state index in [1.807, 2.05) is 24.3 Å². The average Bonchev–Trinajstić information content (AvgIpc) is 2.67. The van der Waals surface area contributed by atoms with E-state index in [4.69, 9.17) is 14.6 Å². The average molecular weight is 377 g/mol. The predicted molar refractivity (Wildman–Crippen MR) is 103 cm³/mol. The molecule has 1 atom stereocenters. The van der Waals surface area contributed by atoms with Crippen LogP contribution in [0.5, 0.6) is 5.75 Å². The Labute approximate surface area is 161 Å². The molecule has 1 aliphatic heterocycles. The van der Waals surface area contributed by atoms with E-state index in [0.29, 0.717) is 6.54 Å². The summed E-state index contributed by atoms with van der Waals surface area (Å²) in [4.78, 5) is 24.1. The molecule has 0 spiro atoms. The van der Waals surface area contributed by atoms with Crippen molar-refractivity contribution in [1.29, 1.82) is 0 Å². The van der Waals surface area contributed by atoms with Crippen molar-refractivity contribution in [2.24, 2.45) is 0 Å². The van der Waals surface area contributed by atoms with E-state index in [2.05, 4.69) is 6.92 Å². The number of nitrogens with zero attached hydrogens (tertiary/aromatic N) is 1. The van der Waals surface area contributed by atoms with Gasteiger partial charge in [-0.2, -0.15) is 0 Å². The highest BCUT2D eigenvalue weighted by Crippen LogP contribution is 2.25. The lowest BCUT2D eigenvalue weighted by molar-refractivity contribution is -0.150. The van der Waals surface area contributed by atoms with Gasteiger partial charge in [0.1, 0.15) is 18.5 Å². The fourth-order valence-corrected chi connectivity index (χ4v) is 3.12. The zero-order chi connectivity index (χ0) is 19.5. The van der Waals surface area contributed by atoms with Gasteiger partial charge in [0.05, 0.1) is 19.6 Å². The first-order chi connectivity index (χ1) is 13.1. The fourth-order valence-electron chi connectivity index (χ4n) is 3.12. The Balaban J connectivity index is 1.75. The van der Waals surface area contributed by atoms with Gasteiger partial charge in [0.2, 0.25) is 5.91 Å². The van der Waals surface area contributed by atoms with Crippen LogP contribution in [-0.4, -0.2) is 48.2 Å². The molecule has 1 unspecified atom stereocenters. The second-order valence-corrected chi connectivity index (χ2v) is 6.97. The van der Waals surface area contributed by atoms with Crippen LogP contribution in [0, 0.1) is 0 Å². The number of morpholine rings is 1. The first-order valence-corrected chi connectivity index (χ1v) is 9.94. The van der Waals surface area contributed by atoms with Crippen molar-refractivity contribution in [2.45, 2.75) is 58.0 Å². The van der Waals surface area contributed by atoms with Crippen LogP contribution in [0.1, 0.15) is 63.5 Å².